The molecule has 7 nitrogen and oxygen atoms in total. The molecule has 0 atom stereocenters. The van der Waals surface area contributed by atoms with Crippen molar-refractivity contribution in [2.45, 2.75) is 32.2 Å². The summed E-state index contributed by atoms with van der Waals surface area (Å²) >= 11 is 0. The van der Waals surface area contributed by atoms with Gasteiger partial charge in [-0.25, -0.2) is 4.79 Å². The molecule has 4 rings (SSSR count). The van der Waals surface area contributed by atoms with Crippen LogP contribution >= 0.6 is 0 Å². The summed E-state index contributed by atoms with van der Waals surface area (Å²) in [4.78, 5) is 28.3. The molecular formula is C31H37N3O4. The van der Waals surface area contributed by atoms with E-state index in [9.17, 15) is 9.59 Å². The van der Waals surface area contributed by atoms with Crippen molar-refractivity contribution in [2.75, 3.05) is 39.0 Å². The number of amides is 1. The molecule has 7 heteroatoms. The van der Waals surface area contributed by atoms with Crippen LogP contribution in [0.5, 0.6) is 11.5 Å². The van der Waals surface area contributed by atoms with E-state index in [-0.39, 0.29) is 11.3 Å². The quantitative estimate of drug-likeness (QED) is 0.320. The molecule has 38 heavy (non-hydrogen) atoms. The highest BCUT2D eigenvalue weighted by Crippen LogP contribution is 2.39. The number of anilines is 1. The number of hydrogen-bond acceptors (Lipinski definition) is 5. The van der Waals surface area contributed by atoms with Gasteiger partial charge in [-0.1, -0.05) is 43.2 Å². The normalized spacial score (nSPS) is 14.5. The van der Waals surface area contributed by atoms with E-state index in [0.717, 1.165) is 55.2 Å². The monoisotopic (exact) mass is 515 g/mol. The Morgan fingerprint density at radius 2 is 1.45 bits per heavy atom. The average molecular weight is 516 g/mol. The maximum atomic E-state index is 12.8. The molecule has 0 aromatic heterocycles. The van der Waals surface area contributed by atoms with E-state index in [1.807, 2.05) is 73.8 Å². The number of carboxylic acids is 1. The number of nitrogens with one attached hydrogen (secondary N) is 1. The van der Waals surface area contributed by atoms with E-state index in [4.69, 9.17) is 9.84 Å². The molecule has 1 amide bonds. The first kappa shape index (κ1) is 27.4. The van der Waals surface area contributed by atoms with Gasteiger partial charge < -0.3 is 20.1 Å². The lowest BCUT2D eigenvalue weighted by Crippen LogP contribution is -2.43. The van der Waals surface area contributed by atoms with E-state index >= 15 is 0 Å². The third kappa shape index (κ3) is 7.91. The average Bonchev–Trinajstić information content (AvgIpc) is 3.33. The Morgan fingerprint density at radius 3 is 2.08 bits per heavy atom. The van der Waals surface area contributed by atoms with Gasteiger partial charge in [-0.3, -0.25) is 9.69 Å². The number of likely N-dealkylation sites (N-methyl/N-ethyl adjacent to an activating group) is 1. The second-order valence-electron chi connectivity index (χ2n) is 10.5. The summed E-state index contributed by atoms with van der Waals surface area (Å²) in [6.45, 7) is 2.87. The number of aromatic carboxylic acids is 1. The zero-order chi connectivity index (χ0) is 27.0. The van der Waals surface area contributed by atoms with Crippen LogP contribution in [-0.2, 0) is 11.3 Å². The number of para-hydroxylation sites is 1. The molecule has 3 aromatic carbocycles. The van der Waals surface area contributed by atoms with Crippen molar-refractivity contribution in [3.8, 4) is 11.5 Å². The highest BCUT2D eigenvalue weighted by molar-refractivity contribution is 5.92. The lowest BCUT2D eigenvalue weighted by Gasteiger charge is -2.37. The Kier molecular flexibility index (Phi) is 9.15. The van der Waals surface area contributed by atoms with Gasteiger partial charge in [0.05, 0.1) is 12.1 Å². The number of hydrogen-bond donors (Lipinski definition) is 2. The summed E-state index contributed by atoms with van der Waals surface area (Å²) in [5, 5.41) is 12.1. The van der Waals surface area contributed by atoms with Gasteiger partial charge in [-0.05, 0) is 86.4 Å². The fourth-order valence-electron chi connectivity index (χ4n) is 5.49. The molecule has 1 fully saturated rings. The zero-order valence-electron chi connectivity index (χ0n) is 22.2. The number of benzene rings is 3. The number of carbonyl (C=O) groups is 2. The van der Waals surface area contributed by atoms with Gasteiger partial charge in [-0.15, -0.1) is 0 Å². The van der Waals surface area contributed by atoms with Crippen molar-refractivity contribution in [1.29, 1.82) is 0 Å². The van der Waals surface area contributed by atoms with Crippen LogP contribution in [0.4, 0.5) is 5.69 Å². The van der Waals surface area contributed by atoms with Gasteiger partial charge in [0.2, 0.25) is 5.91 Å². The van der Waals surface area contributed by atoms with Crippen LogP contribution in [-0.4, -0.2) is 60.5 Å². The topological polar surface area (TPSA) is 82.1 Å². The highest BCUT2D eigenvalue weighted by atomic mass is 16.5. The molecule has 3 aromatic rings. The van der Waals surface area contributed by atoms with Crippen molar-refractivity contribution in [2.24, 2.45) is 5.41 Å². The van der Waals surface area contributed by atoms with E-state index in [1.54, 1.807) is 12.1 Å². The molecule has 1 saturated carbocycles. The van der Waals surface area contributed by atoms with Crippen LogP contribution in [0.15, 0.2) is 78.9 Å². The third-order valence-electron chi connectivity index (χ3n) is 7.06. The van der Waals surface area contributed by atoms with E-state index in [1.165, 1.54) is 12.8 Å². The summed E-state index contributed by atoms with van der Waals surface area (Å²) < 4.78 is 5.82. The van der Waals surface area contributed by atoms with Gasteiger partial charge in [0.15, 0.2) is 0 Å². The SMILES string of the molecule is CN(CC(=O)Nc1ccc(Oc2ccccc2)cc1)CC1(CN(C)Cc2ccc(C(=O)O)cc2)CCCC1. The predicted molar refractivity (Wildman–Crippen MR) is 150 cm³/mol. The minimum Gasteiger partial charge on any atom is -0.478 e. The smallest absolute Gasteiger partial charge is 0.335 e. The van der Waals surface area contributed by atoms with Crippen molar-refractivity contribution in [1.82, 2.24) is 9.80 Å². The molecule has 1 aliphatic carbocycles. The lowest BCUT2D eigenvalue weighted by molar-refractivity contribution is -0.117. The molecule has 0 aliphatic heterocycles. The lowest BCUT2D eigenvalue weighted by atomic mass is 9.84. The van der Waals surface area contributed by atoms with Crippen molar-refractivity contribution < 1.29 is 19.4 Å². The first-order valence-corrected chi connectivity index (χ1v) is 13.1. The number of rotatable bonds is 12. The summed E-state index contributed by atoms with van der Waals surface area (Å²) in [6, 6.07) is 24.1. The molecule has 2 N–H and O–H groups in total. The Balaban J connectivity index is 1.27. The van der Waals surface area contributed by atoms with Gasteiger partial charge in [0, 0.05) is 25.3 Å². The minimum atomic E-state index is -0.907. The van der Waals surface area contributed by atoms with Gasteiger partial charge in [0.1, 0.15) is 11.5 Å². The molecule has 0 spiro atoms. The number of nitrogens with zero attached hydrogens (tertiary/aromatic N) is 2. The second-order valence-corrected chi connectivity index (χ2v) is 10.5. The molecule has 0 saturated heterocycles. The van der Waals surface area contributed by atoms with E-state index in [2.05, 4.69) is 22.2 Å². The molecule has 0 heterocycles. The fraction of sp³-hybridized carbons (Fsp3) is 0.355. The van der Waals surface area contributed by atoms with Crippen LogP contribution < -0.4 is 10.1 Å². The number of carbonyl (C=O) groups excluding carboxylic acids is 1. The molecule has 0 bridgehead atoms. The van der Waals surface area contributed by atoms with E-state index < -0.39 is 5.97 Å². The van der Waals surface area contributed by atoms with Gasteiger partial charge >= 0.3 is 5.97 Å². The summed E-state index contributed by atoms with van der Waals surface area (Å²) in [5.74, 6) is 0.546. The van der Waals surface area contributed by atoms with Crippen LogP contribution in [0.2, 0.25) is 0 Å². The largest absolute Gasteiger partial charge is 0.478 e. The second kappa shape index (κ2) is 12.7. The van der Waals surface area contributed by atoms with Crippen LogP contribution in [0, 0.1) is 5.41 Å². The van der Waals surface area contributed by atoms with Crippen LogP contribution in [0.25, 0.3) is 0 Å². The number of carboxylic acid groups (broad SMARTS) is 1. The Bertz CT molecular complexity index is 1190. The minimum absolute atomic E-state index is 0.0377. The Labute approximate surface area is 225 Å². The van der Waals surface area contributed by atoms with Gasteiger partial charge in [-0.2, -0.15) is 0 Å². The molecule has 0 radical (unpaired) electrons. The van der Waals surface area contributed by atoms with Crippen molar-refractivity contribution in [3.05, 3.63) is 90.0 Å². The first-order chi connectivity index (χ1) is 18.3. The molecule has 0 unspecified atom stereocenters. The highest BCUT2D eigenvalue weighted by Gasteiger charge is 2.36. The maximum absolute atomic E-state index is 12.8. The molecule has 1 aliphatic rings. The van der Waals surface area contributed by atoms with Crippen LogP contribution in [0.3, 0.4) is 0 Å². The fourth-order valence-corrected chi connectivity index (χ4v) is 5.49. The summed E-state index contributed by atoms with van der Waals surface area (Å²) in [6.07, 6.45) is 4.70. The Morgan fingerprint density at radius 1 is 0.842 bits per heavy atom. The van der Waals surface area contributed by atoms with Gasteiger partial charge in [0.25, 0.3) is 0 Å². The Hall–Kier alpha value is -3.68. The third-order valence-corrected chi connectivity index (χ3v) is 7.06. The first-order valence-electron chi connectivity index (χ1n) is 13.1. The van der Waals surface area contributed by atoms with Crippen LogP contribution in [0.1, 0.15) is 41.6 Å². The van der Waals surface area contributed by atoms with Crippen molar-refractivity contribution >= 4 is 17.6 Å². The number of ether oxygens (including phenoxy) is 1. The summed E-state index contributed by atoms with van der Waals surface area (Å²) in [5.41, 5.74) is 2.29. The molecular weight excluding hydrogens is 478 g/mol. The zero-order valence-corrected chi connectivity index (χ0v) is 22.2. The molecule has 200 valence electrons. The van der Waals surface area contributed by atoms with E-state index in [0.29, 0.717) is 12.1 Å². The maximum Gasteiger partial charge on any atom is 0.335 e. The predicted octanol–water partition coefficient (Wildman–Crippen LogP) is 5.74. The summed E-state index contributed by atoms with van der Waals surface area (Å²) in [7, 11) is 4.13. The van der Waals surface area contributed by atoms with Crippen molar-refractivity contribution in [3.63, 3.8) is 0 Å². The standard InChI is InChI=1S/C31H37N3O4/c1-33(20-24-10-12-25(13-11-24)30(36)37)22-31(18-6-7-19-31)23-34(2)21-29(35)32-26-14-16-28(17-15-26)38-27-8-4-3-5-9-27/h3-5,8-17H,6-7,18-23H2,1-2H3,(H,32,35)(H,36,37).